The molecule has 0 saturated carbocycles. The smallest absolute Gasteiger partial charge is 0.242 e. The molecule has 2 N–H and O–H groups in total. The molecule has 4 nitrogen and oxygen atoms in total. The Morgan fingerprint density at radius 3 is 2.70 bits per heavy atom. The van der Waals surface area contributed by atoms with Crippen molar-refractivity contribution in [3.63, 3.8) is 0 Å². The molecule has 0 fully saturated rings. The van der Waals surface area contributed by atoms with E-state index in [0.29, 0.717) is 6.54 Å². The van der Waals surface area contributed by atoms with Gasteiger partial charge in [-0.15, -0.1) is 11.8 Å². The molecule has 1 aromatic carbocycles. The summed E-state index contributed by atoms with van der Waals surface area (Å²) < 4.78 is 26.3. The normalized spacial score (nSPS) is 11.8. The average molecular weight is 302 g/mol. The highest BCUT2D eigenvalue weighted by Crippen LogP contribution is 2.22. The van der Waals surface area contributed by atoms with Gasteiger partial charge in [0.05, 0.1) is 5.75 Å². The summed E-state index contributed by atoms with van der Waals surface area (Å²) in [5, 5.41) is 5.05. The minimum Gasteiger partial charge on any atom is -0.355 e. The summed E-state index contributed by atoms with van der Waals surface area (Å²) in [6, 6.07) is 2.38. The van der Waals surface area contributed by atoms with Crippen molar-refractivity contribution in [2.75, 3.05) is 12.3 Å². The standard InChI is InChI=1S/C13H16F2N2O2S/c1-3-16-13(19)8(2)17-12(18)7-20-11-6-9(14)4-5-10(11)15/h4-6,8H,3,7H2,1-2H3,(H,16,19)(H,17,18)/t8-/m0/s1. The molecule has 2 amide bonds. The molecule has 0 bridgehead atoms. The number of rotatable bonds is 6. The number of carbonyl (C=O) groups excluding carboxylic acids is 2. The summed E-state index contributed by atoms with van der Waals surface area (Å²) in [5.74, 6) is -1.95. The van der Waals surface area contributed by atoms with Crippen LogP contribution in [0.1, 0.15) is 13.8 Å². The van der Waals surface area contributed by atoms with Crippen LogP contribution in [0.2, 0.25) is 0 Å². The monoisotopic (exact) mass is 302 g/mol. The van der Waals surface area contributed by atoms with Crippen LogP contribution in [0.3, 0.4) is 0 Å². The summed E-state index contributed by atoms with van der Waals surface area (Å²) in [6.45, 7) is 3.80. The van der Waals surface area contributed by atoms with E-state index in [1.54, 1.807) is 13.8 Å². The van der Waals surface area contributed by atoms with Crippen LogP contribution in [0.25, 0.3) is 0 Å². The lowest BCUT2D eigenvalue weighted by Crippen LogP contribution is -2.45. The molecule has 1 atom stereocenters. The number of thioether (sulfide) groups is 1. The van der Waals surface area contributed by atoms with Crippen LogP contribution in [0.5, 0.6) is 0 Å². The molecule has 0 radical (unpaired) electrons. The SMILES string of the molecule is CCNC(=O)[C@H](C)NC(=O)CSc1cc(F)ccc1F. The molecule has 0 saturated heterocycles. The van der Waals surface area contributed by atoms with Crippen molar-refractivity contribution in [3.8, 4) is 0 Å². The molecule has 0 spiro atoms. The summed E-state index contributed by atoms with van der Waals surface area (Å²) in [7, 11) is 0. The van der Waals surface area contributed by atoms with Gasteiger partial charge in [0.2, 0.25) is 11.8 Å². The van der Waals surface area contributed by atoms with Crippen LogP contribution in [-0.4, -0.2) is 30.2 Å². The third-order valence-corrected chi connectivity index (χ3v) is 3.40. The van der Waals surface area contributed by atoms with Gasteiger partial charge >= 0.3 is 0 Å². The first-order valence-corrected chi connectivity index (χ1v) is 7.07. The van der Waals surface area contributed by atoms with Gasteiger partial charge in [-0.2, -0.15) is 0 Å². The summed E-state index contributed by atoms with van der Waals surface area (Å²) >= 11 is 0.878. The fraction of sp³-hybridized carbons (Fsp3) is 0.385. The number of hydrogen-bond donors (Lipinski definition) is 2. The quantitative estimate of drug-likeness (QED) is 0.786. The van der Waals surface area contributed by atoms with E-state index in [4.69, 9.17) is 0 Å². The fourth-order valence-electron chi connectivity index (χ4n) is 1.41. The van der Waals surface area contributed by atoms with Gasteiger partial charge in [-0.25, -0.2) is 8.78 Å². The molecule has 20 heavy (non-hydrogen) atoms. The van der Waals surface area contributed by atoms with E-state index in [9.17, 15) is 18.4 Å². The molecular weight excluding hydrogens is 286 g/mol. The van der Waals surface area contributed by atoms with Gasteiger partial charge in [-0.3, -0.25) is 9.59 Å². The van der Waals surface area contributed by atoms with Crippen molar-refractivity contribution in [1.82, 2.24) is 10.6 Å². The summed E-state index contributed by atoms with van der Waals surface area (Å²) in [6.07, 6.45) is 0. The van der Waals surface area contributed by atoms with E-state index >= 15 is 0 Å². The molecule has 0 aliphatic carbocycles. The van der Waals surface area contributed by atoms with Crippen LogP contribution in [0, 0.1) is 11.6 Å². The zero-order chi connectivity index (χ0) is 15.1. The number of amides is 2. The van der Waals surface area contributed by atoms with Crippen molar-refractivity contribution in [1.29, 1.82) is 0 Å². The Hall–Kier alpha value is -1.63. The van der Waals surface area contributed by atoms with E-state index in [0.717, 1.165) is 30.0 Å². The van der Waals surface area contributed by atoms with Gasteiger partial charge in [0, 0.05) is 11.4 Å². The van der Waals surface area contributed by atoms with E-state index in [2.05, 4.69) is 10.6 Å². The molecular formula is C13H16F2N2O2S. The van der Waals surface area contributed by atoms with Gasteiger partial charge in [-0.1, -0.05) is 0 Å². The van der Waals surface area contributed by atoms with Crippen LogP contribution in [0.4, 0.5) is 8.78 Å². The second kappa shape index (κ2) is 7.84. The van der Waals surface area contributed by atoms with Crippen LogP contribution in [-0.2, 0) is 9.59 Å². The van der Waals surface area contributed by atoms with Gasteiger partial charge < -0.3 is 10.6 Å². The largest absolute Gasteiger partial charge is 0.355 e. The maximum Gasteiger partial charge on any atom is 0.242 e. The fourth-order valence-corrected chi connectivity index (χ4v) is 2.18. The first kappa shape index (κ1) is 16.4. The van der Waals surface area contributed by atoms with Crippen LogP contribution >= 0.6 is 11.8 Å². The van der Waals surface area contributed by atoms with E-state index < -0.39 is 23.6 Å². The highest BCUT2D eigenvalue weighted by atomic mass is 32.2. The first-order chi connectivity index (χ1) is 9.43. The second-order valence-electron chi connectivity index (χ2n) is 4.05. The Morgan fingerprint density at radius 1 is 1.35 bits per heavy atom. The van der Waals surface area contributed by atoms with E-state index in [1.807, 2.05) is 0 Å². The molecule has 0 aliphatic rings. The van der Waals surface area contributed by atoms with Crippen molar-refractivity contribution < 1.29 is 18.4 Å². The van der Waals surface area contributed by atoms with Gasteiger partial charge in [0.15, 0.2) is 0 Å². The maximum absolute atomic E-state index is 13.3. The Labute approximate surface area is 120 Å². The van der Waals surface area contributed by atoms with Crippen molar-refractivity contribution in [2.45, 2.75) is 24.8 Å². The van der Waals surface area contributed by atoms with Gasteiger partial charge in [0.1, 0.15) is 17.7 Å². The maximum atomic E-state index is 13.3. The molecule has 0 aliphatic heterocycles. The molecule has 0 unspecified atom stereocenters. The highest BCUT2D eigenvalue weighted by Gasteiger charge is 2.15. The van der Waals surface area contributed by atoms with Crippen molar-refractivity contribution in [2.24, 2.45) is 0 Å². The van der Waals surface area contributed by atoms with E-state index in [1.165, 1.54) is 0 Å². The van der Waals surface area contributed by atoms with Crippen LogP contribution in [0.15, 0.2) is 23.1 Å². The lowest BCUT2D eigenvalue weighted by molar-refractivity contribution is -0.127. The number of halogens is 2. The molecule has 7 heteroatoms. The molecule has 1 aromatic rings. The Morgan fingerprint density at radius 2 is 2.05 bits per heavy atom. The molecule has 110 valence electrons. The predicted molar refractivity (Wildman–Crippen MR) is 73.4 cm³/mol. The highest BCUT2D eigenvalue weighted by molar-refractivity contribution is 8.00. The lowest BCUT2D eigenvalue weighted by atomic mass is 10.3. The Kier molecular flexibility index (Phi) is 6.44. The number of carbonyl (C=O) groups is 2. The number of hydrogen-bond acceptors (Lipinski definition) is 3. The molecule has 1 rings (SSSR count). The molecule has 0 aromatic heterocycles. The summed E-state index contributed by atoms with van der Waals surface area (Å²) in [5.41, 5.74) is 0. The molecule has 0 heterocycles. The average Bonchev–Trinajstić information content (AvgIpc) is 2.40. The summed E-state index contributed by atoms with van der Waals surface area (Å²) in [4.78, 5) is 23.1. The van der Waals surface area contributed by atoms with Gasteiger partial charge in [-0.05, 0) is 32.0 Å². The minimum absolute atomic E-state index is 0.0609. The Bertz CT molecular complexity index is 497. The van der Waals surface area contributed by atoms with Gasteiger partial charge in [0.25, 0.3) is 0 Å². The number of nitrogens with one attached hydrogen (secondary N) is 2. The zero-order valence-corrected chi connectivity index (χ0v) is 12.0. The third-order valence-electron chi connectivity index (χ3n) is 2.37. The van der Waals surface area contributed by atoms with Crippen LogP contribution < -0.4 is 10.6 Å². The third kappa shape index (κ3) is 5.16. The zero-order valence-electron chi connectivity index (χ0n) is 11.2. The minimum atomic E-state index is -0.666. The number of likely N-dealkylation sites (N-methyl/N-ethyl adjacent to an activating group) is 1. The first-order valence-electron chi connectivity index (χ1n) is 6.09. The van der Waals surface area contributed by atoms with Crippen molar-refractivity contribution >= 4 is 23.6 Å². The number of benzene rings is 1. The van der Waals surface area contributed by atoms with Crippen molar-refractivity contribution in [3.05, 3.63) is 29.8 Å². The van der Waals surface area contributed by atoms with E-state index in [-0.39, 0.29) is 16.6 Å². The topological polar surface area (TPSA) is 58.2 Å². The Balaban J connectivity index is 2.47. The second-order valence-corrected chi connectivity index (χ2v) is 5.06. The lowest BCUT2D eigenvalue weighted by Gasteiger charge is -2.13. The predicted octanol–water partition coefficient (Wildman–Crippen LogP) is 1.70.